The Morgan fingerprint density at radius 2 is 2.00 bits per heavy atom. The molecule has 0 fully saturated rings. The van der Waals surface area contributed by atoms with E-state index in [-0.39, 0.29) is 6.10 Å². The molecule has 0 aliphatic heterocycles. The van der Waals surface area contributed by atoms with Crippen LogP contribution in [0.3, 0.4) is 0 Å². The number of halogens is 2. The van der Waals surface area contributed by atoms with Crippen molar-refractivity contribution in [1.82, 2.24) is 0 Å². The van der Waals surface area contributed by atoms with Crippen molar-refractivity contribution in [2.75, 3.05) is 11.0 Å². The molecular weight excluding hydrogens is 367 g/mol. The molecule has 0 aliphatic carbocycles. The maximum atomic E-state index is 5.88. The van der Waals surface area contributed by atoms with Crippen molar-refractivity contribution in [2.24, 2.45) is 5.92 Å². The SMILES string of the molecule is CC(C)COC(CI)c1ccccc1Br. The Labute approximate surface area is 114 Å². The number of hydrogen-bond donors (Lipinski definition) is 0. The minimum atomic E-state index is 0.198. The average Bonchev–Trinajstić information content (AvgIpc) is 2.21. The number of rotatable bonds is 5. The van der Waals surface area contributed by atoms with Gasteiger partial charge in [0.2, 0.25) is 0 Å². The molecular formula is C12H16BrIO. The molecule has 0 N–H and O–H groups in total. The molecule has 1 aromatic carbocycles. The Bertz CT molecular complexity index is 301. The third-order valence-corrected chi connectivity index (χ3v) is 3.55. The molecule has 1 unspecified atom stereocenters. The van der Waals surface area contributed by atoms with Crippen LogP contribution in [0.15, 0.2) is 28.7 Å². The van der Waals surface area contributed by atoms with Crippen molar-refractivity contribution in [1.29, 1.82) is 0 Å². The van der Waals surface area contributed by atoms with E-state index < -0.39 is 0 Å². The molecule has 1 rings (SSSR count). The Morgan fingerprint density at radius 1 is 1.33 bits per heavy atom. The van der Waals surface area contributed by atoms with Crippen LogP contribution < -0.4 is 0 Å². The van der Waals surface area contributed by atoms with Crippen LogP contribution in [0, 0.1) is 5.92 Å². The fraction of sp³-hybridized carbons (Fsp3) is 0.500. The van der Waals surface area contributed by atoms with Crippen LogP contribution >= 0.6 is 38.5 Å². The summed E-state index contributed by atoms with van der Waals surface area (Å²) in [4.78, 5) is 0. The molecule has 0 saturated heterocycles. The molecule has 84 valence electrons. The first-order valence-electron chi connectivity index (χ1n) is 5.07. The van der Waals surface area contributed by atoms with E-state index in [1.54, 1.807) is 0 Å². The summed E-state index contributed by atoms with van der Waals surface area (Å²) in [5, 5.41) is 0. The Balaban J connectivity index is 2.70. The maximum absolute atomic E-state index is 5.88. The largest absolute Gasteiger partial charge is 0.372 e. The van der Waals surface area contributed by atoms with Gasteiger partial charge in [0.1, 0.15) is 0 Å². The zero-order valence-electron chi connectivity index (χ0n) is 9.04. The third-order valence-electron chi connectivity index (χ3n) is 2.02. The monoisotopic (exact) mass is 382 g/mol. The van der Waals surface area contributed by atoms with Gasteiger partial charge in [0.05, 0.1) is 6.10 Å². The first-order valence-corrected chi connectivity index (χ1v) is 7.39. The van der Waals surface area contributed by atoms with Gasteiger partial charge in [-0.3, -0.25) is 0 Å². The second kappa shape index (κ2) is 6.86. The van der Waals surface area contributed by atoms with Crippen molar-refractivity contribution >= 4 is 38.5 Å². The summed E-state index contributed by atoms with van der Waals surface area (Å²) in [5.41, 5.74) is 1.24. The molecule has 0 amide bonds. The molecule has 0 radical (unpaired) electrons. The molecule has 15 heavy (non-hydrogen) atoms. The highest BCUT2D eigenvalue weighted by Gasteiger charge is 2.13. The fourth-order valence-corrected chi connectivity index (χ4v) is 2.53. The van der Waals surface area contributed by atoms with E-state index in [1.807, 2.05) is 6.07 Å². The molecule has 0 bridgehead atoms. The molecule has 0 saturated carbocycles. The average molecular weight is 383 g/mol. The van der Waals surface area contributed by atoms with Gasteiger partial charge in [0.15, 0.2) is 0 Å². The number of benzene rings is 1. The molecule has 1 nitrogen and oxygen atoms in total. The third kappa shape index (κ3) is 4.41. The van der Waals surface area contributed by atoms with E-state index in [0.29, 0.717) is 5.92 Å². The van der Waals surface area contributed by atoms with Crippen LogP contribution in [-0.4, -0.2) is 11.0 Å². The number of ether oxygens (including phenoxy) is 1. The zero-order valence-corrected chi connectivity index (χ0v) is 12.8. The van der Waals surface area contributed by atoms with Crippen LogP contribution in [-0.2, 0) is 4.74 Å². The quantitative estimate of drug-likeness (QED) is 0.534. The van der Waals surface area contributed by atoms with Crippen molar-refractivity contribution in [3.63, 3.8) is 0 Å². The lowest BCUT2D eigenvalue weighted by Crippen LogP contribution is -2.10. The zero-order chi connectivity index (χ0) is 11.3. The molecule has 0 aromatic heterocycles. The normalized spacial score (nSPS) is 13.1. The van der Waals surface area contributed by atoms with Gasteiger partial charge in [0, 0.05) is 15.5 Å². The lowest BCUT2D eigenvalue weighted by atomic mass is 10.1. The summed E-state index contributed by atoms with van der Waals surface area (Å²) in [5.74, 6) is 0.581. The van der Waals surface area contributed by atoms with Gasteiger partial charge in [-0.2, -0.15) is 0 Å². The predicted molar refractivity (Wildman–Crippen MR) is 76.6 cm³/mol. The lowest BCUT2D eigenvalue weighted by molar-refractivity contribution is 0.0513. The first kappa shape index (κ1) is 13.5. The Kier molecular flexibility index (Phi) is 6.16. The standard InChI is InChI=1S/C12H16BrIO/c1-9(2)8-15-12(7-14)10-5-3-4-6-11(10)13/h3-6,9,12H,7-8H2,1-2H3. The van der Waals surface area contributed by atoms with E-state index in [0.717, 1.165) is 15.5 Å². The summed E-state index contributed by atoms with van der Waals surface area (Å²) < 4.78 is 8.00. The predicted octanol–water partition coefficient (Wildman–Crippen LogP) is 4.60. The van der Waals surface area contributed by atoms with Crippen LogP contribution in [0.4, 0.5) is 0 Å². The Hall–Kier alpha value is 0.390. The van der Waals surface area contributed by atoms with Crippen molar-refractivity contribution in [2.45, 2.75) is 20.0 Å². The Morgan fingerprint density at radius 3 is 2.53 bits per heavy atom. The molecule has 1 atom stereocenters. The summed E-state index contributed by atoms with van der Waals surface area (Å²) in [6, 6.07) is 8.26. The van der Waals surface area contributed by atoms with Crippen LogP contribution in [0.1, 0.15) is 25.5 Å². The molecule has 0 heterocycles. The molecule has 1 aromatic rings. The highest BCUT2D eigenvalue weighted by molar-refractivity contribution is 14.1. The van der Waals surface area contributed by atoms with Gasteiger partial charge in [-0.25, -0.2) is 0 Å². The van der Waals surface area contributed by atoms with Gasteiger partial charge in [-0.15, -0.1) is 0 Å². The number of alkyl halides is 1. The second-order valence-electron chi connectivity index (χ2n) is 3.89. The minimum Gasteiger partial charge on any atom is -0.372 e. The second-order valence-corrected chi connectivity index (χ2v) is 5.63. The van der Waals surface area contributed by atoms with Crippen LogP contribution in [0.25, 0.3) is 0 Å². The fourth-order valence-electron chi connectivity index (χ4n) is 1.26. The summed E-state index contributed by atoms with van der Waals surface area (Å²) in [6.07, 6.45) is 0.198. The molecule has 0 aliphatic rings. The molecule has 3 heteroatoms. The topological polar surface area (TPSA) is 9.23 Å². The summed E-state index contributed by atoms with van der Waals surface area (Å²) in [6.45, 7) is 5.16. The highest BCUT2D eigenvalue weighted by Crippen LogP contribution is 2.27. The number of hydrogen-bond acceptors (Lipinski definition) is 1. The van der Waals surface area contributed by atoms with Gasteiger partial charge in [0.25, 0.3) is 0 Å². The minimum absolute atomic E-state index is 0.198. The first-order chi connectivity index (χ1) is 7.15. The van der Waals surface area contributed by atoms with Crippen molar-refractivity contribution in [3.8, 4) is 0 Å². The van der Waals surface area contributed by atoms with Gasteiger partial charge < -0.3 is 4.74 Å². The van der Waals surface area contributed by atoms with Gasteiger partial charge in [-0.05, 0) is 17.5 Å². The summed E-state index contributed by atoms with van der Waals surface area (Å²) in [7, 11) is 0. The summed E-state index contributed by atoms with van der Waals surface area (Å²) >= 11 is 5.93. The van der Waals surface area contributed by atoms with Crippen LogP contribution in [0.2, 0.25) is 0 Å². The van der Waals surface area contributed by atoms with E-state index in [1.165, 1.54) is 5.56 Å². The van der Waals surface area contributed by atoms with Gasteiger partial charge >= 0.3 is 0 Å². The smallest absolute Gasteiger partial charge is 0.0925 e. The molecule has 0 spiro atoms. The van der Waals surface area contributed by atoms with E-state index in [9.17, 15) is 0 Å². The van der Waals surface area contributed by atoms with Crippen LogP contribution in [0.5, 0.6) is 0 Å². The van der Waals surface area contributed by atoms with Gasteiger partial charge in [-0.1, -0.05) is 70.6 Å². The maximum Gasteiger partial charge on any atom is 0.0925 e. The van der Waals surface area contributed by atoms with E-state index in [2.05, 4.69) is 70.6 Å². The van der Waals surface area contributed by atoms with E-state index in [4.69, 9.17) is 4.74 Å². The van der Waals surface area contributed by atoms with Crippen molar-refractivity contribution in [3.05, 3.63) is 34.3 Å². The van der Waals surface area contributed by atoms with E-state index >= 15 is 0 Å². The lowest BCUT2D eigenvalue weighted by Gasteiger charge is -2.18. The highest BCUT2D eigenvalue weighted by atomic mass is 127. The van der Waals surface area contributed by atoms with Crippen molar-refractivity contribution < 1.29 is 4.74 Å².